The van der Waals surface area contributed by atoms with Gasteiger partial charge in [0.1, 0.15) is 5.69 Å². The Morgan fingerprint density at radius 1 is 1.48 bits per heavy atom. The van der Waals surface area contributed by atoms with E-state index in [9.17, 15) is 4.79 Å². The van der Waals surface area contributed by atoms with E-state index in [0.29, 0.717) is 17.3 Å². The maximum absolute atomic E-state index is 12.5. The molecule has 21 heavy (non-hydrogen) atoms. The maximum atomic E-state index is 12.5. The second kappa shape index (κ2) is 5.28. The molecule has 1 aromatic carbocycles. The number of fused-ring (bicyclic) bond motifs is 1. The second-order valence-electron chi connectivity index (χ2n) is 5.64. The lowest BCUT2D eigenvalue weighted by molar-refractivity contribution is 0.0724. The van der Waals surface area contributed by atoms with Gasteiger partial charge in [0.05, 0.1) is 22.2 Å². The van der Waals surface area contributed by atoms with Crippen molar-refractivity contribution in [1.82, 2.24) is 10.3 Å². The standard InChI is InChI=1S/C16H17ClN2O2/c1-10-16(2,7-8-21-10)19-15(20)14-9-12(17)11-5-3-4-6-13(11)18-14/h3-6,9-10H,7-8H2,1-2H3,(H,19,20). The van der Waals surface area contributed by atoms with Crippen molar-refractivity contribution >= 4 is 28.4 Å². The Kier molecular flexibility index (Phi) is 3.59. The number of nitrogens with zero attached hydrogens (tertiary/aromatic N) is 1. The molecule has 0 spiro atoms. The number of hydrogen-bond acceptors (Lipinski definition) is 3. The SMILES string of the molecule is CC1OCCC1(C)NC(=O)c1cc(Cl)c2ccccc2n1. The molecule has 3 rings (SSSR count). The fourth-order valence-corrected chi connectivity index (χ4v) is 2.83. The minimum atomic E-state index is -0.364. The van der Waals surface area contributed by atoms with Gasteiger partial charge in [-0.1, -0.05) is 29.8 Å². The van der Waals surface area contributed by atoms with Crippen molar-refractivity contribution < 1.29 is 9.53 Å². The third-order valence-corrected chi connectivity index (χ3v) is 4.50. The molecule has 1 N–H and O–H groups in total. The molecule has 1 amide bonds. The van der Waals surface area contributed by atoms with Gasteiger partial charge in [0, 0.05) is 12.0 Å². The summed E-state index contributed by atoms with van der Waals surface area (Å²) in [6.07, 6.45) is 0.777. The molecule has 1 aliphatic rings. The van der Waals surface area contributed by atoms with Gasteiger partial charge in [-0.3, -0.25) is 4.79 Å². The second-order valence-corrected chi connectivity index (χ2v) is 6.05. The molecule has 2 atom stereocenters. The molecule has 2 heterocycles. The van der Waals surface area contributed by atoms with Crippen molar-refractivity contribution in [3.05, 3.63) is 41.0 Å². The summed E-state index contributed by atoms with van der Waals surface area (Å²) in [6.45, 7) is 4.61. The molecule has 110 valence electrons. The van der Waals surface area contributed by atoms with Crippen LogP contribution in [0, 0.1) is 0 Å². The van der Waals surface area contributed by atoms with Crippen molar-refractivity contribution in [3.63, 3.8) is 0 Å². The Morgan fingerprint density at radius 2 is 2.24 bits per heavy atom. The zero-order valence-electron chi connectivity index (χ0n) is 12.0. The third-order valence-electron chi connectivity index (χ3n) is 4.18. The lowest BCUT2D eigenvalue weighted by Gasteiger charge is -2.28. The quantitative estimate of drug-likeness (QED) is 0.927. The van der Waals surface area contributed by atoms with Crippen LogP contribution in [0.15, 0.2) is 30.3 Å². The number of halogens is 1. The van der Waals surface area contributed by atoms with E-state index in [1.807, 2.05) is 38.1 Å². The number of para-hydroxylation sites is 1. The van der Waals surface area contributed by atoms with Gasteiger partial charge in [-0.05, 0) is 32.4 Å². The summed E-state index contributed by atoms with van der Waals surface area (Å²) in [5.41, 5.74) is 0.687. The van der Waals surface area contributed by atoms with E-state index in [1.54, 1.807) is 6.07 Å². The lowest BCUT2D eigenvalue weighted by Crippen LogP contribution is -2.50. The van der Waals surface area contributed by atoms with Crippen LogP contribution in [0.4, 0.5) is 0 Å². The molecular weight excluding hydrogens is 288 g/mol. The van der Waals surface area contributed by atoms with Gasteiger partial charge in [-0.25, -0.2) is 4.98 Å². The minimum absolute atomic E-state index is 0.0163. The average molecular weight is 305 g/mol. The molecule has 1 aromatic heterocycles. The van der Waals surface area contributed by atoms with Crippen LogP contribution < -0.4 is 5.32 Å². The van der Waals surface area contributed by atoms with Gasteiger partial charge in [0.15, 0.2) is 0 Å². The number of benzene rings is 1. The monoisotopic (exact) mass is 304 g/mol. The number of rotatable bonds is 2. The smallest absolute Gasteiger partial charge is 0.270 e. The molecule has 1 saturated heterocycles. The molecular formula is C16H17ClN2O2. The summed E-state index contributed by atoms with van der Waals surface area (Å²) < 4.78 is 5.54. The van der Waals surface area contributed by atoms with Crippen LogP contribution >= 0.6 is 11.6 Å². The van der Waals surface area contributed by atoms with E-state index >= 15 is 0 Å². The Labute approximate surface area is 128 Å². The molecule has 5 heteroatoms. The van der Waals surface area contributed by atoms with Crippen LogP contribution in [-0.2, 0) is 4.74 Å². The summed E-state index contributed by atoms with van der Waals surface area (Å²) in [7, 11) is 0. The van der Waals surface area contributed by atoms with E-state index < -0.39 is 0 Å². The number of aromatic nitrogens is 1. The van der Waals surface area contributed by atoms with E-state index in [-0.39, 0.29) is 17.6 Å². The molecule has 2 unspecified atom stereocenters. The van der Waals surface area contributed by atoms with Gasteiger partial charge in [0.2, 0.25) is 0 Å². The Bertz CT molecular complexity index is 704. The largest absolute Gasteiger partial charge is 0.376 e. The highest BCUT2D eigenvalue weighted by atomic mass is 35.5. The van der Waals surface area contributed by atoms with Crippen LogP contribution in [0.3, 0.4) is 0 Å². The van der Waals surface area contributed by atoms with Crippen molar-refractivity contribution in [3.8, 4) is 0 Å². The van der Waals surface area contributed by atoms with E-state index in [0.717, 1.165) is 17.3 Å². The van der Waals surface area contributed by atoms with E-state index in [2.05, 4.69) is 10.3 Å². The molecule has 0 saturated carbocycles. The number of carbonyl (C=O) groups excluding carboxylic acids is 1. The van der Waals surface area contributed by atoms with Crippen molar-refractivity contribution in [1.29, 1.82) is 0 Å². The van der Waals surface area contributed by atoms with Gasteiger partial charge in [-0.2, -0.15) is 0 Å². The van der Waals surface area contributed by atoms with E-state index in [1.165, 1.54) is 0 Å². The molecule has 0 aliphatic carbocycles. The maximum Gasteiger partial charge on any atom is 0.270 e. The first-order valence-corrected chi connectivity index (χ1v) is 7.37. The normalized spacial score (nSPS) is 25.2. The summed E-state index contributed by atoms with van der Waals surface area (Å²) in [5, 5.41) is 4.41. The fraction of sp³-hybridized carbons (Fsp3) is 0.375. The first-order chi connectivity index (χ1) is 9.99. The predicted octanol–water partition coefficient (Wildman–Crippen LogP) is 3.19. The number of nitrogens with one attached hydrogen (secondary N) is 1. The predicted molar refractivity (Wildman–Crippen MR) is 82.7 cm³/mol. The van der Waals surface area contributed by atoms with Crippen molar-refractivity contribution in [2.45, 2.75) is 31.9 Å². The molecule has 2 aromatic rings. The summed E-state index contributed by atoms with van der Waals surface area (Å²) in [6, 6.07) is 9.13. The van der Waals surface area contributed by atoms with E-state index in [4.69, 9.17) is 16.3 Å². The summed E-state index contributed by atoms with van der Waals surface area (Å²) in [4.78, 5) is 16.9. The molecule has 1 fully saturated rings. The van der Waals surface area contributed by atoms with Gasteiger partial charge in [0.25, 0.3) is 5.91 Å². The van der Waals surface area contributed by atoms with Gasteiger partial charge < -0.3 is 10.1 Å². The number of hydrogen-bond donors (Lipinski definition) is 1. The first-order valence-electron chi connectivity index (χ1n) is 6.99. The van der Waals surface area contributed by atoms with Crippen LogP contribution in [0.25, 0.3) is 10.9 Å². The molecule has 4 nitrogen and oxygen atoms in total. The van der Waals surface area contributed by atoms with Crippen LogP contribution in [0.5, 0.6) is 0 Å². The highest BCUT2D eigenvalue weighted by Crippen LogP contribution is 2.27. The summed E-state index contributed by atoms with van der Waals surface area (Å²) >= 11 is 6.24. The first kappa shape index (κ1) is 14.3. The number of amides is 1. The fourth-order valence-electron chi connectivity index (χ4n) is 2.57. The Morgan fingerprint density at radius 3 is 2.95 bits per heavy atom. The third kappa shape index (κ3) is 2.61. The zero-order chi connectivity index (χ0) is 15.0. The molecule has 1 aliphatic heterocycles. The number of pyridine rings is 1. The lowest BCUT2D eigenvalue weighted by atomic mass is 9.94. The van der Waals surface area contributed by atoms with Crippen LogP contribution in [-0.4, -0.2) is 29.1 Å². The Hall–Kier alpha value is -1.65. The molecule has 0 radical (unpaired) electrons. The minimum Gasteiger partial charge on any atom is -0.376 e. The van der Waals surface area contributed by atoms with Crippen LogP contribution in [0.1, 0.15) is 30.8 Å². The van der Waals surface area contributed by atoms with Crippen LogP contribution in [0.2, 0.25) is 5.02 Å². The topological polar surface area (TPSA) is 51.2 Å². The zero-order valence-corrected chi connectivity index (χ0v) is 12.8. The van der Waals surface area contributed by atoms with Crippen molar-refractivity contribution in [2.75, 3.05) is 6.61 Å². The highest BCUT2D eigenvalue weighted by Gasteiger charge is 2.38. The Balaban J connectivity index is 1.91. The number of ether oxygens (including phenoxy) is 1. The highest BCUT2D eigenvalue weighted by molar-refractivity contribution is 6.35. The van der Waals surface area contributed by atoms with Gasteiger partial charge in [-0.15, -0.1) is 0 Å². The summed E-state index contributed by atoms with van der Waals surface area (Å²) in [5.74, 6) is -0.220. The van der Waals surface area contributed by atoms with Gasteiger partial charge >= 0.3 is 0 Å². The molecule has 0 bridgehead atoms. The average Bonchev–Trinajstić information content (AvgIpc) is 2.78. The van der Waals surface area contributed by atoms with Crippen molar-refractivity contribution in [2.24, 2.45) is 0 Å². The number of carbonyl (C=O) groups is 1.